The lowest BCUT2D eigenvalue weighted by atomic mass is 10.1. The first-order chi connectivity index (χ1) is 12.2. The van der Waals surface area contributed by atoms with E-state index in [4.69, 9.17) is 4.99 Å². The molecule has 0 saturated heterocycles. The number of nitrogens with one attached hydrogen (secondary N) is 2. The van der Waals surface area contributed by atoms with Crippen molar-refractivity contribution in [1.29, 1.82) is 0 Å². The Balaban J connectivity index is 1.88. The second kappa shape index (κ2) is 10.5. The van der Waals surface area contributed by atoms with Gasteiger partial charge in [-0.2, -0.15) is 0 Å². The average Bonchev–Trinajstić information content (AvgIpc) is 3.07. The first-order valence-corrected chi connectivity index (χ1v) is 9.11. The molecule has 1 aromatic carbocycles. The van der Waals surface area contributed by atoms with E-state index < -0.39 is 0 Å². The number of rotatable bonds is 9. The number of aryl methyl sites for hydroxylation is 1. The molecule has 0 bridgehead atoms. The maximum absolute atomic E-state index is 4.71. The summed E-state index contributed by atoms with van der Waals surface area (Å²) in [4.78, 5) is 4.71. The molecule has 0 aliphatic heterocycles. The fourth-order valence-corrected chi connectivity index (χ4v) is 2.44. The van der Waals surface area contributed by atoms with Gasteiger partial charge in [0.2, 0.25) is 0 Å². The van der Waals surface area contributed by atoms with Crippen LogP contribution >= 0.6 is 0 Å². The highest BCUT2D eigenvalue weighted by Gasteiger charge is 2.03. The highest BCUT2D eigenvalue weighted by atomic mass is 15.3. The summed E-state index contributed by atoms with van der Waals surface area (Å²) in [7, 11) is 0. The van der Waals surface area contributed by atoms with Gasteiger partial charge in [0.1, 0.15) is 12.2 Å². The van der Waals surface area contributed by atoms with Crippen molar-refractivity contribution < 1.29 is 0 Å². The first-order valence-electron chi connectivity index (χ1n) is 9.11. The molecule has 0 saturated carbocycles. The molecule has 136 valence electrons. The van der Waals surface area contributed by atoms with Gasteiger partial charge in [0.05, 0.1) is 6.54 Å². The minimum absolute atomic E-state index is 0.671. The van der Waals surface area contributed by atoms with Crippen LogP contribution in [-0.4, -0.2) is 33.8 Å². The number of aliphatic imine (C=N–C) groups is 1. The second-order valence-corrected chi connectivity index (χ2v) is 6.48. The van der Waals surface area contributed by atoms with Gasteiger partial charge in [-0.05, 0) is 17.9 Å². The molecule has 0 aliphatic rings. The third-order valence-corrected chi connectivity index (χ3v) is 3.93. The number of aromatic nitrogens is 3. The molecule has 0 atom stereocenters. The molecule has 0 radical (unpaired) electrons. The van der Waals surface area contributed by atoms with E-state index in [1.807, 2.05) is 18.2 Å². The van der Waals surface area contributed by atoms with Gasteiger partial charge in [0.25, 0.3) is 0 Å². The van der Waals surface area contributed by atoms with Gasteiger partial charge in [-0.3, -0.25) is 0 Å². The van der Waals surface area contributed by atoms with Crippen LogP contribution in [0.2, 0.25) is 0 Å². The summed E-state index contributed by atoms with van der Waals surface area (Å²) in [6.45, 7) is 9.76. The molecule has 0 aliphatic carbocycles. The van der Waals surface area contributed by atoms with Crippen LogP contribution in [0.1, 0.15) is 38.6 Å². The predicted molar refractivity (Wildman–Crippen MR) is 102 cm³/mol. The Morgan fingerprint density at radius 2 is 1.92 bits per heavy atom. The van der Waals surface area contributed by atoms with Crippen molar-refractivity contribution >= 4 is 5.96 Å². The molecule has 2 aromatic rings. The Hall–Kier alpha value is -2.37. The summed E-state index contributed by atoms with van der Waals surface area (Å²) < 4.78 is 2.08. The van der Waals surface area contributed by atoms with Crippen LogP contribution in [0.4, 0.5) is 0 Å². The molecule has 2 N–H and O–H groups in total. The van der Waals surface area contributed by atoms with Gasteiger partial charge < -0.3 is 15.2 Å². The smallest absolute Gasteiger partial charge is 0.191 e. The van der Waals surface area contributed by atoms with Crippen molar-refractivity contribution in [2.24, 2.45) is 10.9 Å². The van der Waals surface area contributed by atoms with E-state index >= 15 is 0 Å². The normalized spacial score (nSPS) is 11.8. The molecular weight excluding hydrogens is 312 g/mol. The zero-order chi connectivity index (χ0) is 17.9. The van der Waals surface area contributed by atoms with Gasteiger partial charge in [0.15, 0.2) is 5.96 Å². The number of guanidine groups is 1. The zero-order valence-electron chi connectivity index (χ0n) is 15.6. The van der Waals surface area contributed by atoms with Gasteiger partial charge in [-0.25, -0.2) is 4.99 Å². The Kier molecular flexibility index (Phi) is 7.95. The Labute approximate surface area is 150 Å². The number of nitrogens with zero attached hydrogens (tertiary/aromatic N) is 4. The standard InChI is InChI=1S/C19H30N6/c1-4-18-24-23-15-25(18)13-12-21-19(20-11-10-16(2)3)22-14-17-8-6-5-7-9-17/h5-9,15-16H,4,10-14H2,1-3H3,(H2,20,21,22). The third-order valence-electron chi connectivity index (χ3n) is 3.93. The summed E-state index contributed by atoms with van der Waals surface area (Å²) in [5.41, 5.74) is 1.21. The lowest BCUT2D eigenvalue weighted by molar-refractivity contribution is 0.569. The van der Waals surface area contributed by atoms with Gasteiger partial charge in [-0.1, -0.05) is 51.1 Å². The minimum Gasteiger partial charge on any atom is -0.356 e. The molecule has 6 nitrogen and oxygen atoms in total. The number of benzene rings is 1. The third kappa shape index (κ3) is 6.95. The largest absolute Gasteiger partial charge is 0.356 e. The van der Waals surface area contributed by atoms with Crippen LogP contribution in [-0.2, 0) is 19.5 Å². The van der Waals surface area contributed by atoms with E-state index in [0.717, 1.165) is 44.3 Å². The highest BCUT2D eigenvalue weighted by molar-refractivity contribution is 5.79. The summed E-state index contributed by atoms with van der Waals surface area (Å²) in [5.74, 6) is 2.54. The van der Waals surface area contributed by atoms with Crippen molar-refractivity contribution in [3.05, 3.63) is 48.0 Å². The van der Waals surface area contributed by atoms with Crippen LogP contribution in [0, 0.1) is 5.92 Å². The zero-order valence-corrected chi connectivity index (χ0v) is 15.6. The van der Waals surface area contributed by atoms with E-state index in [1.165, 1.54) is 5.56 Å². The SMILES string of the molecule is CCc1nncn1CCNC(=NCc1ccccc1)NCCC(C)C. The Morgan fingerprint density at radius 1 is 1.16 bits per heavy atom. The molecule has 0 unspecified atom stereocenters. The summed E-state index contributed by atoms with van der Waals surface area (Å²) in [6, 6.07) is 10.3. The minimum atomic E-state index is 0.671. The predicted octanol–water partition coefficient (Wildman–Crippen LogP) is 2.62. The van der Waals surface area contributed by atoms with Crippen molar-refractivity contribution in [3.63, 3.8) is 0 Å². The molecule has 6 heteroatoms. The Morgan fingerprint density at radius 3 is 2.64 bits per heavy atom. The molecular formula is C19H30N6. The highest BCUT2D eigenvalue weighted by Crippen LogP contribution is 2.01. The number of hydrogen-bond acceptors (Lipinski definition) is 3. The monoisotopic (exact) mass is 342 g/mol. The second-order valence-electron chi connectivity index (χ2n) is 6.48. The molecule has 0 amide bonds. The Bertz CT molecular complexity index is 632. The molecule has 0 fully saturated rings. The summed E-state index contributed by atoms with van der Waals surface area (Å²) >= 11 is 0. The van der Waals surface area contributed by atoms with Crippen molar-refractivity contribution in [2.45, 2.75) is 46.7 Å². The maximum atomic E-state index is 4.71. The molecule has 25 heavy (non-hydrogen) atoms. The van der Waals surface area contributed by atoms with Crippen LogP contribution in [0.5, 0.6) is 0 Å². The molecule has 0 spiro atoms. The molecule has 1 aromatic heterocycles. The van der Waals surface area contributed by atoms with E-state index in [1.54, 1.807) is 6.33 Å². The van der Waals surface area contributed by atoms with E-state index in [2.05, 4.69) is 58.3 Å². The van der Waals surface area contributed by atoms with Crippen LogP contribution in [0.3, 0.4) is 0 Å². The quantitative estimate of drug-likeness (QED) is 0.543. The summed E-state index contributed by atoms with van der Waals surface area (Å²) in [5, 5.41) is 14.9. The number of hydrogen-bond donors (Lipinski definition) is 2. The van der Waals surface area contributed by atoms with Crippen LogP contribution in [0.25, 0.3) is 0 Å². The molecule has 1 heterocycles. The van der Waals surface area contributed by atoms with Crippen molar-refractivity contribution in [2.75, 3.05) is 13.1 Å². The van der Waals surface area contributed by atoms with E-state index in [0.29, 0.717) is 12.5 Å². The van der Waals surface area contributed by atoms with Crippen LogP contribution < -0.4 is 10.6 Å². The van der Waals surface area contributed by atoms with E-state index in [-0.39, 0.29) is 0 Å². The summed E-state index contributed by atoms with van der Waals surface area (Å²) in [6.07, 6.45) is 3.80. The van der Waals surface area contributed by atoms with Gasteiger partial charge >= 0.3 is 0 Å². The lowest BCUT2D eigenvalue weighted by Gasteiger charge is -2.14. The first kappa shape index (κ1) is 19.0. The molecule has 2 rings (SSSR count). The average molecular weight is 342 g/mol. The van der Waals surface area contributed by atoms with Gasteiger partial charge in [0, 0.05) is 26.1 Å². The topological polar surface area (TPSA) is 67.1 Å². The van der Waals surface area contributed by atoms with E-state index in [9.17, 15) is 0 Å². The lowest BCUT2D eigenvalue weighted by Crippen LogP contribution is -2.39. The van der Waals surface area contributed by atoms with Crippen LogP contribution in [0.15, 0.2) is 41.7 Å². The van der Waals surface area contributed by atoms with Gasteiger partial charge in [-0.15, -0.1) is 10.2 Å². The fraction of sp³-hybridized carbons (Fsp3) is 0.526. The maximum Gasteiger partial charge on any atom is 0.191 e. The fourth-order valence-electron chi connectivity index (χ4n) is 2.44. The van der Waals surface area contributed by atoms with Crippen molar-refractivity contribution in [3.8, 4) is 0 Å². The van der Waals surface area contributed by atoms with Crippen molar-refractivity contribution in [1.82, 2.24) is 25.4 Å².